The molecule has 1 aliphatic rings. The molecule has 144 valence electrons. The summed E-state index contributed by atoms with van der Waals surface area (Å²) in [6.07, 6.45) is 3.76. The Kier molecular flexibility index (Phi) is 8.39. The van der Waals surface area contributed by atoms with Crippen molar-refractivity contribution in [3.05, 3.63) is 0 Å². The lowest BCUT2D eigenvalue weighted by Crippen LogP contribution is -2.38. The van der Waals surface area contributed by atoms with E-state index in [1.54, 1.807) is 6.92 Å². The van der Waals surface area contributed by atoms with E-state index in [9.17, 15) is 14.4 Å². The van der Waals surface area contributed by atoms with Crippen LogP contribution in [0.5, 0.6) is 0 Å². The predicted molar refractivity (Wildman–Crippen MR) is 92.7 cm³/mol. The Hall–Kier alpha value is -1.59. The molecule has 0 bridgehead atoms. The highest BCUT2D eigenvalue weighted by atomic mass is 16.6. The van der Waals surface area contributed by atoms with Gasteiger partial charge >= 0.3 is 17.9 Å². The summed E-state index contributed by atoms with van der Waals surface area (Å²) in [5, 5.41) is 0. The van der Waals surface area contributed by atoms with Gasteiger partial charge in [-0.25, -0.2) is 0 Å². The van der Waals surface area contributed by atoms with Gasteiger partial charge in [-0.05, 0) is 40.0 Å². The summed E-state index contributed by atoms with van der Waals surface area (Å²) in [6.45, 7) is 9.19. The third-order valence-corrected chi connectivity index (χ3v) is 4.36. The van der Waals surface area contributed by atoms with E-state index in [0.29, 0.717) is 19.3 Å². The van der Waals surface area contributed by atoms with Crippen molar-refractivity contribution in [2.75, 3.05) is 13.2 Å². The first-order valence-electron chi connectivity index (χ1n) is 9.21. The molecule has 0 saturated heterocycles. The summed E-state index contributed by atoms with van der Waals surface area (Å²) in [7, 11) is 0. The van der Waals surface area contributed by atoms with E-state index >= 15 is 0 Å². The maximum Gasteiger partial charge on any atom is 0.310 e. The van der Waals surface area contributed by atoms with Crippen LogP contribution in [0.4, 0.5) is 0 Å². The number of rotatable bonds is 7. The van der Waals surface area contributed by atoms with Crippen LogP contribution in [-0.2, 0) is 28.6 Å². The molecule has 1 saturated carbocycles. The number of carbonyl (C=O) groups excluding carboxylic acids is 3. The van der Waals surface area contributed by atoms with Crippen LogP contribution in [0.2, 0.25) is 0 Å². The van der Waals surface area contributed by atoms with Crippen LogP contribution in [0.15, 0.2) is 0 Å². The largest absolute Gasteiger partial charge is 0.462 e. The van der Waals surface area contributed by atoms with Crippen molar-refractivity contribution in [2.24, 2.45) is 17.8 Å². The maximum absolute atomic E-state index is 12.4. The zero-order valence-electron chi connectivity index (χ0n) is 16.1. The van der Waals surface area contributed by atoms with Gasteiger partial charge in [-0.1, -0.05) is 26.7 Å². The number of hydrogen-bond acceptors (Lipinski definition) is 6. The monoisotopic (exact) mass is 356 g/mol. The molecule has 0 amide bonds. The molecular weight excluding hydrogens is 324 g/mol. The predicted octanol–water partition coefficient (Wildman–Crippen LogP) is 3.27. The normalized spacial score (nSPS) is 22.0. The highest BCUT2D eigenvalue weighted by molar-refractivity contribution is 5.82. The van der Waals surface area contributed by atoms with Gasteiger partial charge in [0.15, 0.2) is 0 Å². The molecular formula is C19H32O6. The first kappa shape index (κ1) is 21.5. The number of hydrogen-bond donors (Lipinski definition) is 0. The fourth-order valence-corrected chi connectivity index (χ4v) is 2.77. The van der Waals surface area contributed by atoms with E-state index < -0.39 is 23.4 Å². The fraction of sp³-hybridized carbons (Fsp3) is 0.842. The summed E-state index contributed by atoms with van der Waals surface area (Å²) in [4.78, 5) is 36.3. The highest BCUT2D eigenvalue weighted by Gasteiger charge is 2.39. The van der Waals surface area contributed by atoms with E-state index in [0.717, 1.165) is 12.8 Å². The van der Waals surface area contributed by atoms with Gasteiger partial charge in [0, 0.05) is 0 Å². The number of ether oxygens (including phenoxy) is 3. The minimum Gasteiger partial charge on any atom is -0.462 e. The molecule has 25 heavy (non-hydrogen) atoms. The van der Waals surface area contributed by atoms with Crippen molar-refractivity contribution in [3.63, 3.8) is 0 Å². The molecule has 0 aromatic heterocycles. The van der Waals surface area contributed by atoms with Crippen LogP contribution < -0.4 is 0 Å². The molecule has 1 fully saturated rings. The van der Waals surface area contributed by atoms with Gasteiger partial charge in [0.1, 0.15) is 18.8 Å². The lowest BCUT2D eigenvalue weighted by atomic mass is 9.79. The zero-order valence-corrected chi connectivity index (χ0v) is 16.1. The second-order valence-electron chi connectivity index (χ2n) is 7.68. The van der Waals surface area contributed by atoms with Crippen molar-refractivity contribution in [2.45, 2.75) is 72.3 Å². The topological polar surface area (TPSA) is 78.9 Å². The Bertz CT molecular complexity index is 465. The average molecular weight is 356 g/mol. The Balaban J connectivity index is 2.48. The molecule has 1 rings (SSSR count). The van der Waals surface area contributed by atoms with Gasteiger partial charge in [-0.2, -0.15) is 0 Å². The van der Waals surface area contributed by atoms with E-state index in [4.69, 9.17) is 14.2 Å². The van der Waals surface area contributed by atoms with Crippen molar-refractivity contribution < 1.29 is 28.6 Å². The van der Waals surface area contributed by atoms with E-state index in [1.165, 1.54) is 0 Å². The van der Waals surface area contributed by atoms with Crippen molar-refractivity contribution >= 4 is 17.9 Å². The van der Waals surface area contributed by atoms with Crippen molar-refractivity contribution in [1.82, 2.24) is 0 Å². The quantitative estimate of drug-likeness (QED) is 0.396. The molecule has 0 aromatic rings. The van der Waals surface area contributed by atoms with Crippen LogP contribution in [0.25, 0.3) is 0 Å². The molecule has 3 unspecified atom stereocenters. The number of esters is 3. The summed E-state index contributed by atoms with van der Waals surface area (Å²) in [6, 6.07) is 0. The van der Waals surface area contributed by atoms with Gasteiger partial charge in [-0.3, -0.25) is 14.4 Å². The highest BCUT2D eigenvalue weighted by Crippen LogP contribution is 2.33. The van der Waals surface area contributed by atoms with Gasteiger partial charge in [0.2, 0.25) is 0 Å². The molecule has 1 aliphatic carbocycles. The molecule has 0 spiro atoms. The SMILES string of the molecule is CCC(C)C(=O)OCCOC(=O)C1CCCCC1C(=O)OC(C)(C)C. The molecule has 3 atom stereocenters. The van der Waals surface area contributed by atoms with Crippen molar-refractivity contribution in [1.29, 1.82) is 0 Å². The lowest BCUT2D eigenvalue weighted by molar-refractivity contribution is -0.171. The first-order valence-corrected chi connectivity index (χ1v) is 9.21. The summed E-state index contributed by atoms with van der Waals surface area (Å²) in [5.41, 5.74) is -0.576. The van der Waals surface area contributed by atoms with Crippen LogP contribution >= 0.6 is 0 Å². The van der Waals surface area contributed by atoms with Crippen LogP contribution in [0.1, 0.15) is 66.7 Å². The van der Waals surface area contributed by atoms with Gasteiger partial charge < -0.3 is 14.2 Å². The van der Waals surface area contributed by atoms with Crippen LogP contribution in [0, 0.1) is 17.8 Å². The second kappa shape index (κ2) is 9.78. The van der Waals surface area contributed by atoms with Crippen LogP contribution in [0.3, 0.4) is 0 Å². The minimum absolute atomic E-state index is 0.0124. The zero-order chi connectivity index (χ0) is 19.0. The molecule has 0 N–H and O–H groups in total. The Morgan fingerprint density at radius 2 is 1.48 bits per heavy atom. The van der Waals surface area contributed by atoms with Gasteiger partial charge in [0.05, 0.1) is 17.8 Å². The maximum atomic E-state index is 12.4. The summed E-state index contributed by atoms with van der Waals surface area (Å²) < 4.78 is 15.7. The van der Waals surface area contributed by atoms with E-state index in [2.05, 4.69) is 0 Å². The van der Waals surface area contributed by atoms with E-state index in [1.807, 2.05) is 27.7 Å². The number of carbonyl (C=O) groups is 3. The second-order valence-corrected chi connectivity index (χ2v) is 7.68. The lowest BCUT2D eigenvalue weighted by Gasteiger charge is -2.31. The Morgan fingerprint density at radius 3 is 2.00 bits per heavy atom. The summed E-state index contributed by atoms with van der Waals surface area (Å²) >= 11 is 0. The molecule has 0 aliphatic heterocycles. The third kappa shape index (κ3) is 7.45. The van der Waals surface area contributed by atoms with Crippen LogP contribution in [-0.4, -0.2) is 36.7 Å². The Labute approximate surface area is 150 Å². The molecule has 0 heterocycles. The molecule has 6 nitrogen and oxygen atoms in total. The smallest absolute Gasteiger partial charge is 0.310 e. The van der Waals surface area contributed by atoms with Gasteiger partial charge in [0.25, 0.3) is 0 Å². The van der Waals surface area contributed by atoms with E-state index in [-0.39, 0.29) is 31.1 Å². The molecule has 0 radical (unpaired) electrons. The average Bonchev–Trinajstić information content (AvgIpc) is 2.55. The standard InChI is InChI=1S/C19H32O6/c1-6-13(2)16(20)23-11-12-24-17(21)14-9-7-8-10-15(14)18(22)25-19(3,4)5/h13-15H,6-12H2,1-5H3. The van der Waals surface area contributed by atoms with Crippen molar-refractivity contribution in [3.8, 4) is 0 Å². The Morgan fingerprint density at radius 1 is 0.960 bits per heavy atom. The first-order chi connectivity index (χ1) is 11.7. The minimum atomic E-state index is -0.576. The third-order valence-electron chi connectivity index (χ3n) is 4.36. The fourth-order valence-electron chi connectivity index (χ4n) is 2.77. The van der Waals surface area contributed by atoms with Gasteiger partial charge in [-0.15, -0.1) is 0 Å². The molecule has 6 heteroatoms. The summed E-state index contributed by atoms with van der Waals surface area (Å²) in [5.74, 6) is -2.13. The molecule has 0 aromatic carbocycles.